The normalized spacial score (nSPS) is 13.2. The van der Waals surface area contributed by atoms with Crippen molar-refractivity contribution in [2.24, 2.45) is 0 Å². The minimum atomic E-state index is -0.189. The Hall–Kier alpha value is -1.26. The Balaban J connectivity index is 2.60. The summed E-state index contributed by atoms with van der Waals surface area (Å²) in [6, 6.07) is 10.2. The van der Waals surface area contributed by atoms with Gasteiger partial charge in [0.25, 0.3) is 0 Å². The number of terminal acetylenes is 1. The van der Waals surface area contributed by atoms with Crippen molar-refractivity contribution in [3.63, 3.8) is 0 Å². The van der Waals surface area contributed by atoms with Crippen molar-refractivity contribution in [1.29, 1.82) is 0 Å². The summed E-state index contributed by atoms with van der Waals surface area (Å²) in [5.41, 5.74) is 1.02. The van der Waals surface area contributed by atoms with Crippen LogP contribution in [-0.2, 0) is 11.2 Å². The molecule has 0 fully saturated rings. The van der Waals surface area contributed by atoms with Crippen molar-refractivity contribution < 1.29 is 4.74 Å². The molecule has 0 aliphatic heterocycles. The van der Waals surface area contributed by atoms with E-state index in [0.29, 0.717) is 0 Å². The van der Waals surface area contributed by atoms with Gasteiger partial charge < -0.3 is 4.74 Å². The molecule has 1 unspecified atom stereocenters. The molecular formula is C14H18O. The highest BCUT2D eigenvalue weighted by atomic mass is 16.5. The van der Waals surface area contributed by atoms with Crippen LogP contribution in [0.1, 0.15) is 26.3 Å². The Kier molecular flexibility index (Phi) is 3.94. The van der Waals surface area contributed by atoms with E-state index in [1.807, 2.05) is 39.0 Å². The van der Waals surface area contributed by atoms with E-state index in [0.717, 1.165) is 6.42 Å². The molecule has 0 aliphatic rings. The summed E-state index contributed by atoms with van der Waals surface area (Å²) in [5, 5.41) is 0. The lowest BCUT2D eigenvalue weighted by Gasteiger charge is -2.24. The van der Waals surface area contributed by atoms with Gasteiger partial charge in [-0.15, -0.1) is 6.42 Å². The van der Waals surface area contributed by atoms with E-state index in [1.165, 1.54) is 5.56 Å². The maximum Gasteiger partial charge on any atom is 0.122 e. The molecule has 0 aliphatic carbocycles. The first kappa shape index (κ1) is 11.8. The van der Waals surface area contributed by atoms with Gasteiger partial charge in [0.1, 0.15) is 6.10 Å². The van der Waals surface area contributed by atoms with Crippen LogP contribution in [0.2, 0.25) is 0 Å². The van der Waals surface area contributed by atoms with Gasteiger partial charge in [-0.25, -0.2) is 0 Å². The molecule has 1 heteroatoms. The van der Waals surface area contributed by atoms with E-state index < -0.39 is 0 Å². The number of benzene rings is 1. The Morgan fingerprint density at radius 1 is 1.27 bits per heavy atom. The minimum absolute atomic E-state index is 0.146. The zero-order valence-electron chi connectivity index (χ0n) is 9.66. The molecular weight excluding hydrogens is 184 g/mol. The fourth-order valence-electron chi connectivity index (χ4n) is 1.39. The third-order valence-corrected chi connectivity index (χ3v) is 1.95. The first-order valence-electron chi connectivity index (χ1n) is 5.19. The molecule has 0 saturated carbocycles. The topological polar surface area (TPSA) is 9.23 Å². The maximum atomic E-state index is 5.75. The average Bonchev–Trinajstić information content (AvgIpc) is 2.16. The van der Waals surface area contributed by atoms with Crippen molar-refractivity contribution in [1.82, 2.24) is 0 Å². The summed E-state index contributed by atoms with van der Waals surface area (Å²) in [7, 11) is 0. The number of hydrogen-bond acceptors (Lipinski definition) is 1. The average molecular weight is 202 g/mol. The molecule has 0 spiro atoms. The number of rotatable bonds is 3. The van der Waals surface area contributed by atoms with E-state index in [-0.39, 0.29) is 11.7 Å². The molecule has 0 heterocycles. The molecule has 15 heavy (non-hydrogen) atoms. The lowest BCUT2D eigenvalue weighted by molar-refractivity contribution is -0.0330. The van der Waals surface area contributed by atoms with E-state index in [1.54, 1.807) is 0 Å². The second kappa shape index (κ2) is 5.00. The fourth-order valence-corrected chi connectivity index (χ4v) is 1.39. The van der Waals surface area contributed by atoms with Crippen LogP contribution in [0.5, 0.6) is 0 Å². The Morgan fingerprint density at radius 2 is 1.87 bits per heavy atom. The lowest BCUT2D eigenvalue weighted by Crippen LogP contribution is -2.27. The van der Waals surface area contributed by atoms with E-state index in [4.69, 9.17) is 11.2 Å². The van der Waals surface area contributed by atoms with Crippen molar-refractivity contribution in [2.75, 3.05) is 0 Å². The molecule has 0 bridgehead atoms. The van der Waals surface area contributed by atoms with Gasteiger partial charge in [-0.2, -0.15) is 0 Å². The third kappa shape index (κ3) is 4.67. The fraction of sp³-hybridized carbons (Fsp3) is 0.429. The van der Waals surface area contributed by atoms with E-state index in [2.05, 4.69) is 18.1 Å². The van der Waals surface area contributed by atoms with Gasteiger partial charge in [0, 0.05) is 6.42 Å². The SMILES string of the molecule is C#CC(Cc1ccccc1)OC(C)(C)C. The van der Waals surface area contributed by atoms with Crippen LogP contribution in [0.3, 0.4) is 0 Å². The number of hydrogen-bond donors (Lipinski definition) is 0. The molecule has 80 valence electrons. The lowest BCUT2D eigenvalue weighted by atomic mass is 10.1. The van der Waals surface area contributed by atoms with Gasteiger partial charge in [-0.1, -0.05) is 36.3 Å². The maximum absolute atomic E-state index is 5.75. The predicted molar refractivity (Wildman–Crippen MR) is 63.6 cm³/mol. The van der Waals surface area contributed by atoms with Crippen molar-refractivity contribution in [3.05, 3.63) is 35.9 Å². The summed E-state index contributed by atoms with van der Waals surface area (Å²) in [5.74, 6) is 2.68. The zero-order chi connectivity index (χ0) is 11.3. The molecule has 1 aromatic rings. The van der Waals surface area contributed by atoms with Gasteiger partial charge >= 0.3 is 0 Å². The minimum Gasteiger partial charge on any atom is -0.360 e. The molecule has 0 amide bonds. The Bertz CT molecular complexity index is 327. The van der Waals surface area contributed by atoms with Crippen molar-refractivity contribution >= 4 is 0 Å². The first-order chi connectivity index (χ1) is 7.01. The van der Waals surface area contributed by atoms with E-state index >= 15 is 0 Å². The molecule has 0 radical (unpaired) electrons. The zero-order valence-corrected chi connectivity index (χ0v) is 9.66. The Morgan fingerprint density at radius 3 is 2.33 bits per heavy atom. The standard InChI is InChI=1S/C14H18O/c1-5-13(15-14(2,3)4)11-12-9-7-6-8-10-12/h1,6-10,13H,11H2,2-4H3. The third-order valence-electron chi connectivity index (χ3n) is 1.95. The van der Waals surface area contributed by atoms with Crippen LogP contribution in [-0.4, -0.2) is 11.7 Å². The summed E-state index contributed by atoms with van der Waals surface area (Å²) in [6.07, 6.45) is 6.08. The van der Waals surface area contributed by atoms with Gasteiger partial charge in [0.2, 0.25) is 0 Å². The predicted octanol–water partition coefficient (Wildman–Crippen LogP) is 3.05. The monoisotopic (exact) mass is 202 g/mol. The highest BCUT2D eigenvalue weighted by Crippen LogP contribution is 2.14. The van der Waals surface area contributed by atoms with Crippen LogP contribution in [0.25, 0.3) is 0 Å². The van der Waals surface area contributed by atoms with Gasteiger partial charge in [-0.3, -0.25) is 0 Å². The quantitative estimate of drug-likeness (QED) is 0.684. The first-order valence-corrected chi connectivity index (χ1v) is 5.19. The van der Waals surface area contributed by atoms with Crippen molar-refractivity contribution in [2.45, 2.75) is 38.9 Å². The second-order valence-corrected chi connectivity index (χ2v) is 4.58. The van der Waals surface area contributed by atoms with Crippen molar-refractivity contribution in [3.8, 4) is 12.3 Å². The molecule has 1 nitrogen and oxygen atoms in total. The molecule has 0 aromatic heterocycles. The molecule has 0 saturated heterocycles. The van der Waals surface area contributed by atoms with Crippen LogP contribution in [0.15, 0.2) is 30.3 Å². The largest absolute Gasteiger partial charge is 0.360 e. The molecule has 1 aromatic carbocycles. The van der Waals surface area contributed by atoms with Crippen LogP contribution in [0, 0.1) is 12.3 Å². The summed E-state index contributed by atoms with van der Waals surface area (Å²) < 4.78 is 5.75. The summed E-state index contributed by atoms with van der Waals surface area (Å²) in [4.78, 5) is 0. The van der Waals surface area contributed by atoms with Gasteiger partial charge in [-0.05, 0) is 26.3 Å². The Labute approximate surface area is 92.5 Å². The smallest absolute Gasteiger partial charge is 0.122 e. The van der Waals surface area contributed by atoms with Gasteiger partial charge in [0.05, 0.1) is 5.60 Å². The van der Waals surface area contributed by atoms with E-state index in [9.17, 15) is 0 Å². The second-order valence-electron chi connectivity index (χ2n) is 4.58. The van der Waals surface area contributed by atoms with Crippen LogP contribution in [0.4, 0.5) is 0 Å². The van der Waals surface area contributed by atoms with Gasteiger partial charge in [0.15, 0.2) is 0 Å². The summed E-state index contributed by atoms with van der Waals surface area (Å²) in [6.45, 7) is 6.05. The van der Waals surface area contributed by atoms with Crippen LogP contribution >= 0.6 is 0 Å². The van der Waals surface area contributed by atoms with Crippen LogP contribution < -0.4 is 0 Å². The highest BCUT2D eigenvalue weighted by Gasteiger charge is 2.16. The number of ether oxygens (including phenoxy) is 1. The molecule has 1 atom stereocenters. The highest BCUT2D eigenvalue weighted by molar-refractivity contribution is 5.18. The summed E-state index contributed by atoms with van der Waals surface area (Å²) >= 11 is 0. The molecule has 1 rings (SSSR count). The molecule has 0 N–H and O–H groups in total.